The molecule has 0 amide bonds. The summed E-state index contributed by atoms with van der Waals surface area (Å²) < 4.78 is 0.827. The van der Waals surface area contributed by atoms with Crippen molar-refractivity contribution in [2.75, 3.05) is 5.73 Å². The maximum Gasteiger partial charge on any atom is 0.195 e. The lowest BCUT2D eigenvalue weighted by atomic mass is 9.98. The number of nitrogen functional groups attached to an aromatic ring is 1. The molecule has 0 aliphatic carbocycles. The first-order valence-electron chi connectivity index (χ1n) is 6.10. The number of aromatic nitrogens is 1. The summed E-state index contributed by atoms with van der Waals surface area (Å²) in [6.45, 7) is 0. The van der Waals surface area contributed by atoms with Crippen LogP contribution in [0.25, 0.3) is 10.9 Å². The van der Waals surface area contributed by atoms with Crippen molar-refractivity contribution in [3.63, 3.8) is 0 Å². The van der Waals surface area contributed by atoms with Gasteiger partial charge in [0.15, 0.2) is 5.78 Å². The van der Waals surface area contributed by atoms with Crippen molar-refractivity contribution >= 4 is 38.3 Å². The Morgan fingerprint density at radius 3 is 2.75 bits per heavy atom. The van der Waals surface area contributed by atoms with Gasteiger partial charge in [-0.25, -0.2) is 0 Å². The molecule has 0 bridgehead atoms. The van der Waals surface area contributed by atoms with Crippen molar-refractivity contribution in [1.82, 2.24) is 4.98 Å². The summed E-state index contributed by atoms with van der Waals surface area (Å²) in [6.07, 6.45) is 1.71. The van der Waals surface area contributed by atoms with Gasteiger partial charge in [0.1, 0.15) is 0 Å². The minimum absolute atomic E-state index is 0.0950. The SMILES string of the molecule is Nc1ccc(Br)cc1C(=O)c1cccc2ncccc12. The van der Waals surface area contributed by atoms with Crippen molar-refractivity contribution < 1.29 is 4.79 Å². The average Bonchev–Trinajstić information content (AvgIpc) is 2.48. The van der Waals surface area contributed by atoms with Gasteiger partial charge in [0.2, 0.25) is 0 Å². The Balaban J connectivity index is 2.20. The van der Waals surface area contributed by atoms with Crippen LogP contribution in [0.2, 0.25) is 0 Å². The Labute approximate surface area is 124 Å². The van der Waals surface area contributed by atoms with Crippen LogP contribution in [0.3, 0.4) is 0 Å². The largest absolute Gasteiger partial charge is 0.398 e. The van der Waals surface area contributed by atoms with Gasteiger partial charge < -0.3 is 5.73 Å². The molecule has 1 heterocycles. The third-order valence-electron chi connectivity index (χ3n) is 3.15. The van der Waals surface area contributed by atoms with E-state index >= 15 is 0 Å². The lowest BCUT2D eigenvalue weighted by Crippen LogP contribution is -2.06. The monoisotopic (exact) mass is 326 g/mol. The van der Waals surface area contributed by atoms with E-state index in [9.17, 15) is 4.79 Å². The highest BCUT2D eigenvalue weighted by Gasteiger charge is 2.15. The molecule has 20 heavy (non-hydrogen) atoms. The smallest absolute Gasteiger partial charge is 0.195 e. The molecule has 1 aromatic heterocycles. The predicted octanol–water partition coefficient (Wildman–Crippen LogP) is 3.81. The van der Waals surface area contributed by atoms with E-state index in [0.717, 1.165) is 15.4 Å². The maximum absolute atomic E-state index is 12.7. The van der Waals surface area contributed by atoms with E-state index in [4.69, 9.17) is 5.73 Å². The minimum Gasteiger partial charge on any atom is -0.398 e. The Morgan fingerprint density at radius 2 is 1.90 bits per heavy atom. The standard InChI is InChI=1S/C16H11BrN2O/c17-10-6-7-14(18)13(9-10)16(20)12-3-1-5-15-11(12)4-2-8-19-15/h1-9H,18H2. The highest BCUT2D eigenvalue weighted by atomic mass is 79.9. The number of halogens is 1. The van der Waals surface area contributed by atoms with Gasteiger partial charge in [-0.3, -0.25) is 9.78 Å². The Morgan fingerprint density at radius 1 is 1.05 bits per heavy atom. The van der Waals surface area contributed by atoms with Crippen LogP contribution in [0.4, 0.5) is 5.69 Å². The Hall–Kier alpha value is -2.20. The van der Waals surface area contributed by atoms with Crippen molar-refractivity contribution in [2.45, 2.75) is 0 Å². The van der Waals surface area contributed by atoms with Gasteiger partial charge in [-0.05, 0) is 30.3 Å². The molecule has 0 radical (unpaired) electrons. The number of fused-ring (bicyclic) bond motifs is 1. The van der Waals surface area contributed by atoms with E-state index in [-0.39, 0.29) is 5.78 Å². The van der Waals surface area contributed by atoms with Crippen LogP contribution in [-0.4, -0.2) is 10.8 Å². The summed E-state index contributed by atoms with van der Waals surface area (Å²) in [5.74, 6) is -0.0950. The van der Waals surface area contributed by atoms with Crippen LogP contribution in [0.15, 0.2) is 59.2 Å². The summed E-state index contributed by atoms with van der Waals surface area (Å²) >= 11 is 3.37. The van der Waals surface area contributed by atoms with E-state index in [0.29, 0.717) is 16.8 Å². The van der Waals surface area contributed by atoms with Gasteiger partial charge >= 0.3 is 0 Å². The number of pyridine rings is 1. The number of nitrogens with two attached hydrogens (primary N) is 1. The van der Waals surface area contributed by atoms with E-state index in [1.165, 1.54) is 0 Å². The second-order valence-corrected chi connectivity index (χ2v) is 5.35. The number of hydrogen-bond acceptors (Lipinski definition) is 3. The Bertz CT molecular complexity index is 809. The predicted molar refractivity (Wildman–Crippen MR) is 83.7 cm³/mol. The normalized spacial score (nSPS) is 10.7. The number of carbonyl (C=O) groups is 1. The summed E-state index contributed by atoms with van der Waals surface area (Å²) in [6, 6.07) is 14.5. The van der Waals surface area contributed by atoms with Crippen LogP contribution in [0, 0.1) is 0 Å². The second kappa shape index (κ2) is 5.06. The van der Waals surface area contributed by atoms with Gasteiger partial charge in [-0.1, -0.05) is 34.1 Å². The van der Waals surface area contributed by atoms with E-state index in [1.807, 2.05) is 30.3 Å². The molecular formula is C16H11BrN2O. The van der Waals surface area contributed by atoms with Gasteiger partial charge in [0, 0.05) is 32.9 Å². The number of carbonyl (C=O) groups excluding carboxylic acids is 1. The zero-order valence-corrected chi connectivity index (χ0v) is 12.1. The van der Waals surface area contributed by atoms with Crippen molar-refractivity contribution in [1.29, 1.82) is 0 Å². The molecule has 3 rings (SSSR count). The second-order valence-electron chi connectivity index (χ2n) is 4.44. The van der Waals surface area contributed by atoms with Gasteiger partial charge in [0.25, 0.3) is 0 Å². The fraction of sp³-hybridized carbons (Fsp3) is 0. The topological polar surface area (TPSA) is 56.0 Å². The molecule has 0 aliphatic heterocycles. The number of nitrogens with zero attached hydrogens (tertiary/aromatic N) is 1. The van der Waals surface area contributed by atoms with Crippen LogP contribution >= 0.6 is 15.9 Å². The number of benzene rings is 2. The minimum atomic E-state index is -0.0950. The zero-order valence-electron chi connectivity index (χ0n) is 10.5. The summed E-state index contributed by atoms with van der Waals surface area (Å²) in [4.78, 5) is 17.0. The van der Waals surface area contributed by atoms with Crippen LogP contribution in [0.5, 0.6) is 0 Å². The van der Waals surface area contributed by atoms with Crippen molar-refractivity contribution in [3.8, 4) is 0 Å². The third-order valence-corrected chi connectivity index (χ3v) is 3.64. The van der Waals surface area contributed by atoms with Crippen LogP contribution < -0.4 is 5.73 Å². The van der Waals surface area contributed by atoms with E-state index in [2.05, 4.69) is 20.9 Å². The molecule has 3 aromatic rings. The van der Waals surface area contributed by atoms with Gasteiger partial charge in [-0.15, -0.1) is 0 Å². The molecule has 0 unspecified atom stereocenters. The molecule has 2 N–H and O–H groups in total. The molecule has 3 nitrogen and oxygen atoms in total. The average molecular weight is 327 g/mol. The van der Waals surface area contributed by atoms with Gasteiger partial charge in [0.05, 0.1) is 5.52 Å². The van der Waals surface area contributed by atoms with E-state index in [1.54, 1.807) is 24.4 Å². The molecule has 2 aromatic carbocycles. The highest BCUT2D eigenvalue weighted by Crippen LogP contribution is 2.25. The van der Waals surface area contributed by atoms with Gasteiger partial charge in [-0.2, -0.15) is 0 Å². The molecule has 0 saturated carbocycles. The summed E-state index contributed by atoms with van der Waals surface area (Å²) in [5.41, 5.74) is 8.29. The molecular weight excluding hydrogens is 316 g/mol. The molecule has 0 atom stereocenters. The number of anilines is 1. The fourth-order valence-corrected chi connectivity index (χ4v) is 2.53. The molecule has 4 heteroatoms. The molecule has 0 fully saturated rings. The summed E-state index contributed by atoms with van der Waals surface area (Å²) in [5, 5.41) is 0.833. The maximum atomic E-state index is 12.7. The van der Waals surface area contributed by atoms with Crippen LogP contribution in [0.1, 0.15) is 15.9 Å². The molecule has 0 aliphatic rings. The zero-order chi connectivity index (χ0) is 14.1. The first kappa shape index (κ1) is 12.8. The third kappa shape index (κ3) is 2.18. The number of rotatable bonds is 2. The first-order chi connectivity index (χ1) is 9.66. The van der Waals surface area contributed by atoms with Crippen LogP contribution in [-0.2, 0) is 0 Å². The molecule has 0 saturated heterocycles. The number of ketones is 1. The van der Waals surface area contributed by atoms with E-state index < -0.39 is 0 Å². The quantitative estimate of drug-likeness (QED) is 0.575. The molecule has 98 valence electrons. The lowest BCUT2D eigenvalue weighted by Gasteiger charge is -2.08. The Kier molecular flexibility index (Phi) is 3.24. The summed E-state index contributed by atoms with van der Waals surface area (Å²) in [7, 11) is 0. The lowest BCUT2D eigenvalue weighted by molar-refractivity contribution is 0.104. The fourth-order valence-electron chi connectivity index (χ4n) is 2.17. The van der Waals surface area contributed by atoms with Crippen molar-refractivity contribution in [2.24, 2.45) is 0 Å². The number of hydrogen-bond donors (Lipinski definition) is 1. The highest BCUT2D eigenvalue weighted by molar-refractivity contribution is 9.10. The van der Waals surface area contributed by atoms with Crippen molar-refractivity contribution in [3.05, 3.63) is 70.3 Å². The molecule has 0 spiro atoms. The first-order valence-corrected chi connectivity index (χ1v) is 6.89.